The summed E-state index contributed by atoms with van der Waals surface area (Å²) in [4.78, 5) is 26.8. The van der Waals surface area contributed by atoms with Gasteiger partial charge in [0.15, 0.2) is 0 Å². The Bertz CT molecular complexity index is 359. The van der Waals surface area contributed by atoms with Crippen LogP contribution >= 0.6 is 11.8 Å². The molecule has 0 bridgehead atoms. The predicted molar refractivity (Wildman–Crippen MR) is 70.6 cm³/mol. The minimum Gasteiger partial charge on any atom is -0.480 e. The number of carbonyl (C=O) groups is 2. The molecule has 1 atom stereocenters. The highest BCUT2D eigenvalue weighted by molar-refractivity contribution is 7.99. The van der Waals surface area contributed by atoms with Crippen LogP contribution in [0.15, 0.2) is 0 Å². The average molecular weight is 272 g/mol. The maximum atomic E-state index is 12.4. The number of hydrogen-bond donors (Lipinski definition) is 1. The summed E-state index contributed by atoms with van der Waals surface area (Å²) in [6, 6.07) is -0.771. The number of piperidine rings is 1. The van der Waals surface area contributed by atoms with Crippen molar-refractivity contribution in [3.05, 3.63) is 0 Å². The van der Waals surface area contributed by atoms with Gasteiger partial charge in [-0.2, -0.15) is 0 Å². The molecule has 0 aromatic rings. The van der Waals surface area contributed by atoms with Crippen LogP contribution in [-0.2, 0) is 4.79 Å². The lowest BCUT2D eigenvalue weighted by molar-refractivity contribution is -0.141. The fraction of sp³-hybridized carbons (Fsp3) is 0.833. The zero-order valence-electron chi connectivity index (χ0n) is 10.9. The van der Waals surface area contributed by atoms with Crippen molar-refractivity contribution in [1.82, 2.24) is 9.80 Å². The van der Waals surface area contributed by atoms with Crippen LogP contribution in [0.5, 0.6) is 0 Å². The average Bonchev–Trinajstić information content (AvgIpc) is 2.75. The second-order valence-electron chi connectivity index (χ2n) is 5.80. The van der Waals surface area contributed by atoms with E-state index in [1.54, 1.807) is 0 Å². The van der Waals surface area contributed by atoms with Crippen molar-refractivity contribution in [2.75, 3.05) is 24.7 Å². The third-order valence-electron chi connectivity index (χ3n) is 3.58. The molecule has 5 nitrogen and oxygen atoms in total. The summed E-state index contributed by atoms with van der Waals surface area (Å²) >= 11 is 1.51. The molecule has 2 aliphatic rings. The summed E-state index contributed by atoms with van der Waals surface area (Å²) < 4.78 is 0. The molecule has 1 N–H and O–H groups in total. The first-order chi connectivity index (χ1) is 8.41. The number of likely N-dealkylation sites (tertiary alicyclic amines) is 1. The minimum absolute atomic E-state index is 0.111. The first-order valence-electron chi connectivity index (χ1n) is 6.27. The van der Waals surface area contributed by atoms with Crippen LogP contribution in [0, 0.1) is 5.41 Å². The van der Waals surface area contributed by atoms with Crippen molar-refractivity contribution in [3.8, 4) is 0 Å². The molecule has 0 spiro atoms. The first-order valence-corrected chi connectivity index (χ1v) is 7.42. The quantitative estimate of drug-likeness (QED) is 0.789. The molecule has 0 aromatic carbocycles. The lowest BCUT2D eigenvalue weighted by Gasteiger charge is -2.40. The molecule has 2 amide bonds. The van der Waals surface area contributed by atoms with E-state index >= 15 is 0 Å². The van der Waals surface area contributed by atoms with Gasteiger partial charge in [-0.05, 0) is 18.3 Å². The summed E-state index contributed by atoms with van der Waals surface area (Å²) in [5.41, 5.74) is 0.138. The number of urea groups is 1. The number of aliphatic carboxylic acids is 1. The summed E-state index contributed by atoms with van der Waals surface area (Å²) in [5, 5.41) is 9.11. The van der Waals surface area contributed by atoms with E-state index in [-0.39, 0.29) is 11.4 Å². The molecule has 1 unspecified atom stereocenters. The van der Waals surface area contributed by atoms with E-state index in [9.17, 15) is 9.59 Å². The van der Waals surface area contributed by atoms with Crippen molar-refractivity contribution in [2.24, 2.45) is 5.41 Å². The van der Waals surface area contributed by atoms with Crippen LogP contribution in [-0.4, -0.2) is 57.7 Å². The number of thioether (sulfide) groups is 1. The zero-order chi connectivity index (χ0) is 13.3. The first kappa shape index (κ1) is 13.5. The second-order valence-corrected chi connectivity index (χ2v) is 6.80. The predicted octanol–water partition coefficient (Wildman–Crippen LogP) is 1.69. The Morgan fingerprint density at radius 1 is 1.39 bits per heavy atom. The molecule has 2 heterocycles. The van der Waals surface area contributed by atoms with Crippen LogP contribution in [0.3, 0.4) is 0 Å². The van der Waals surface area contributed by atoms with E-state index in [1.807, 2.05) is 4.90 Å². The highest BCUT2D eigenvalue weighted by Crippen LogP contribution is 2.30. The Morgan fingerprint density at radius 2 is 2.11 bits per heavy atom. The Labute approximate surface area is 112 Å². The van der Waals surface area contributed by atoms with Crippen molar-refractivity contribution in [1.29, 1.82) is 0 Å². The molecule has 0 aromatic heterocycles. The molecule has 0 radical (unpaired) electrons. The maximum Gasteiger partial charge on any atom is 0.327 e. The molecule has 2 fully saturated rings. The number of hydrogen-bond acceptors (Lipinski definition) is 3. The molecular weight excluding hydrogens is 252 g/mol. The standard InChI is InChI=1S/C12H20N2O3S/c1-12(2)4-3-5-13(7-12)11(17)14-8-18-6-9(14)10(15)16/h9H,3-8H2,1-2H3,(H,15,16). The smallest absolute Gasteiger partial charge is 0.327 e. The third kappa shape index (κ3) is 2.74. The fourth-order valence-corrected chi connectivity index (χ4v) is 3.74. The van der Waals surface area contributed by atoms with Gasteiger partial charge in [-0.15, -0.1) is 11.8 Å². The lowest BCUT2D eigenvalue weighted by Crippen LogP contribution is -2.52. The largest absolute Gasteiger partial charge is 0.480 e. The van der Waals surface area contributed by atoms with E-state index in [0.29, 0.717) is 11.6 Å². The van der Waals surface area contributed by atoms with Crippen LogP contribution in [0.25, 0.3) is 0 Å². The third-order valence-corrected chi connectivity index (χ3v) is 4.60. The van der Waals surface area contributed by atoms with Crippen molar-refractivity contribution < 1.29 is 14.7 Å². The molecule has 2 aliphatic heterocycles. The number of amides is 2. The van der Waals surface area contributed by atoms with Gasteiger partial charge in [0.05, 0.1) is 5.88 Å². The van der Waals surface area contributed by atoms with Gasteiger partial charge < -0.3 is 14.9 Å². The monoisotopic (exact) mass is 272 g/mol. The summed E-state index contributed by atoms with van der Waals surface area (Å²) in [7, 11) is 0. The molecule has 6 heteroatoms. The number of carboxylic acids is 1. The SMILES string of the molecule is CC1(C)CCCN(C(=O)N2CSCC2C(=O)O)C1. The maximum absolute atomic E-state index is 12.4. The molecule has 2 rings (SSSR count). The molecular formula is C12H20N2O3S. The lowest BCUT2D eigenvalue weighted by atomic mass is 9.84. The Morgan fingerprint density at radius 3 is 2.72 bits per heavy atom. The topological polar surface area (TPSA) is 60.9 Å². The molecule has 0 aliphatic carbocycles. The normalized spacial score (nSPS) is 27.3. The Kier molecular flexibility index (Phi) is 3.75. The summed E-state index contributed by atoms with van der Waals surface area (Å²) in [6.07, 6.45) is 2.12. The molecule has 102 valence electrons. The van der Waals surface area contributed by atoms with Crippen molar-refractivity contribution in [3.63, 3.8) is 0 Å². The van der Waals surface area contributed by atoms with Gasteiger partial charge in [0, 0.05) is 18.8 Å². The van der Waals surface area contributed by atoms with E-state index in [1.165, 1.54) is 16.7 Å². The van der Waals surface area contributed by atoms with Crippen LogP contribution in [0.2, 0.25) is 0 Å². The van der Waals surface area contributed by atoms with Crippen molar-refractivity contribution in [2.45, 2.75) is 32.7 Å². The molecule has 0 saturated carbocycles. The van der Waals surface area contributed by atoms with Gasteiger partial charge in [0.2, 0.25) is 0 Å². The van der Waals surface area contributed by atoms with Crippen LogP contribution in [0.1, 0.15) is 26.7 Å². The molecule has 2 saturated heterocycles. The number of carbonyl (C=O) groups excluding carboxylic acids is 1. The minimum atomic E-state index is -0.899. The summed E-state index contributed by atoms with van der Waals surface area (Å²) in [5.74, 6) is 0.0926. The van der Waals surface area contributed by atoms with Gasteiger partial charge in [0.25, 0.3) is 0 Å². The number of rotatable bonds is 1. The molecule has 18 heavy (non-hydrogen) atoms. The van der Waals surface area contributed by atoms with Gasteiger partial charge in [-0.25, -0.2) is 9.59 Å². The van der Waals surface area contributed by atoms with E-state index in [4.69, 9.17) is 5.11 Å². The van der Waals surface area contributed by atoms with Gasteiger partial charge in [0.1, 0.15) is 6.04 Å². The van der Waals surface area contributed by atoms with Crippen molar-refractivity contribution >= 4 is 23.8 Å². The van der Waals surface area contributed by atoms with E-state index < -0.39 is 12.0 Å². The second kappa shape index (κ2) is 4.99. The van der Waals surface area contributed by atoms with Gasteiger partial charge >= 0.3 is 12.0 Å². The zero-order valence-corrected chi connectivity index (χ0v) is 11.7. The van der Waals surface area contributed by atoms with Crippen LogP contribution in [0.4, 0.5) is 4.79 Å². The van der Waals surface area contributed by atoms with E-state index in [2.05, 4.69) is 13.8 Å². The fourth-order valence-electron chi connectivity index (χ4n) is 2.60. The van der Waals surface area contributed by atoms with Gasteiger partial charge in [-0.3, -0.25) is 0 Å². The Hall–Kier alpha value is -0.910. The number of nitrogens with zero attached hydrogens (tertiary/aromatic N) is 2. The Balaban J connectivity index is 2.04. The van der Waals surface area contributed by atoms with Crippen LogP contribution < -0.4 is 0 Å². The summed E-state index contributed by atoms with van der Waals surface area (Å²) in [6.45, 7) is 5.77. The number of carboxylic acid groups (broad SMARTS) is 1. The van der Waals surface area contributed by atoms with Gasteiger partial charge in [-0.1, -0.05) is 13.8 Å². The highest BCUT2D eigenvalue weighted by atomic mass is 32.2. The van der Waals surface area contributed by atoms with E-state index in [0.717, 1.165) is 25.9 Å². The highest BCUT2D eigenvalue weighted by Gasteiger charge is 2.39.